The summed E-state index contributed by atoms with van der Waals surface area (Å²) in [5.41, 5.74) is -2.22. The first-order chi connectivity index (χ1) is 34.0. The maximum absolute atomic E-state index is 15.9. The van der Waals surface area contributed by atoms with E-state index in [0.29, 0.717) is 49.9 Å². The van der Waals surface area contributed by atoms with Gasteiger partial charge < -0.3 is 29.0 Å². The average Bonchev–Trinajstić information content (AvgIpc) is 3.36. The van der Waals surface area contributed by atoms with Gasteiger partial charge in [-0.1, -0.05) is 36.0 Å². The molecule has 0 saturated carbocycles. The quantitative estimate of drug-likeness (QED) is 0.0582. The number of likely N-dealkylation sites (tertiary alicyclic amines) is 2. The van der Waals surface area contributed by atoms with Crippen LogP contribution in [0, 0.1) is 11.8 Å². The molecule has 2 atom stereocenters. The topological polar surface area (TPSA) is 130 Å². The molecule has 2 saturated heterocycles. The number of hydrogen-bond donors (Lipinski definition) is 0. The summed E-state index contributed by atoms with van der Waals surface area (Å²) in [5, 5.41) is 0. The Morgan fingerprint density at radius 3 is 1.45 bits per heavy atom. The van der Waals surface area contributed by atoms with Crippen molar-refractivity contribution in [1.82, 2.24) is 9.80 Å². The van der Waals surface area contributed by atoms with Crippen molar-refractivity contribution < 1.29 is 74.5 Å². The monoisotopic (exact) mass is 1010 g/mol. The number of esters is 2. The Hall–Kier alpha value is -6.31. The molecule has 4 heterocycles. The van der Waals surface area contributed by atoms with E-state index in [4.69, 9.17) is 29.0 Å². The number of piperidine rings is 2. The summed E-state index contributed by atoms with van der Waals surface area (Å²) in [6.45, 7) is 4.62. The zero-order chi connectivity index (χ0) is 50.5. The summed E-state index contributed by atoms with van der Waals surface area (Å²) >= 11 is 0.280. The lowest BCUT2D eigenvalue weighted by Gasteiger charge is -2.30. The number of hydrogen-bond acceptors (Lipinski definition) is 11. The highest BCUT2D eigenvalue weighted by Crippen LogP contribution is 2.52. The van der Waals surface area contributed by atoms with Crippen LogP contribution < -0.4 is 9.78 Å². The summed E-state index contributed by atoms with van der Waals surface area (Å²) in [6, 6.07) is 13.5. The van der Waals surface area contributed by atoms with Gasteiger partial charge in [-0.25, -0.2) is 0 Å². The van der Waals surface area contributed by atoms with E-state index in [1.165, 1.54) is 70.5 Å². The van der Waals surface area contributed by atoms with Gasteiger partial charge in [-0.05, 0) is 110 Å². The lowest BCUT2D eigenvalue weighted by atomic mass is 9.91. The van der Waals surface area contributed by atoms with Crippen molar-refractivity contribution in [3.63, 3.8) is 0 Å². The zero-order valence-corrected chi connectivity index (χ0v) is 39.6. The third-order valence-electron chi connectivity index (χ3n) is 12.6. The lowest BCUT2D eigenvalue weighted by Crippen LogP contribution is -2.42. The Balaban J connectivity index is 1.24. The molecule has 4 aliphatic heterocycles. The third kappa shape index (κ3) is 11.7. The molecule has 8 rings (SSSR count). The third-order valence-corrected chi connectivity index (χ3v) is 13.7. The number of carbonyl (C=O) groups is 4. The van der Waals surface area contributed by atoms with Crippen molar-refractivity contribution in [2.24, 2.45) is 11.8 Å². The molecular formula is C52H50F6N2O10S. The van der Waals surface area contributed by atoms with Gasteiger partial charge in [0.1, 0.15) is 0 Å². The van der Waals surface area contributed by atoms with Gasteiger partial charge in [-0.2, -0.15) is 36.1 Å². The van der Waals surface area contributed by atoms with Crippen LogP contribution in [0.1, 0.15) is 72.9 Å². The van der Waals surface area contributed by atoms with Crippen LogP contribution in [0.25, 0.3) is 34.4 Å². The number of carbonyl (C=O) groups excluding carboxylic acids is 4. The fraction of sp³-hybridized carbons (Fsp3) is 0.385. The molecule has 4 aliphatic rings. The van der Waals surface area contributed by atoms with E-state index < -0.39 is 80.0 Å². The molecule has 376 valence electrons. The molecule has 2 amide bonds. The molecule has 71 heavy (non-hydrogen) atoms. The number of rotatable bonds is 12. The van der Waals surface area contributed by atoms with Crippen LogP contribution in [-0.2, 0) is 63.6 Å². The molecule has 12 nitrogen and oxygen atoms in total. The van der Waals surface area contributed by atoms with E-state index in [9.17, 15) is 19.2 Å². The summed E-state index contributed by atoms with van der Waals surface area (Å²) in [4.78, 5) is 74.7. The minimum absolute atomic E-state index is 0.0497. The molecule has 0 aliphatic carbocycles. The van der Waals surface area contributed by atoms with Crippen LogP contribution in [0.3, 0.4) is 0 Å². The van der Waals surface area contributed by atoms with Crippen LogP contribution in [-0.4, -0.2) is 86.2 Å². The second kappa shape index (κ2) is 22.0. The Labute approximate surface area is 409 Å². The minimum Gasteiger partial charge on any atom is -0.466 e. The number of nitrogens with zero attached hydrogens (tertiary/aromatic N) is 2. The first-order valence-corrected chi connectivity index (χ1v) is 24.1. The Morgan fingerprint density at radius 2 is 1.06 bits per heavy atom. The van der Waals surface area contributed by atoms with Gasteiger partial charge in [0.2, 0.25) is 11.8 Å². The van der Waals surface area contributed by atoms with Crippen molar-refractivity contribution in [3.05, 3.63) is 106 Å². The highest BCUT2D eigenvalue weighted by molar-refractivity contribution is 7.99. The number of halogens is 6. The zero-order valence-electron chi connectivity index (χ0n) is 38.8. The van der Waals surface area contributed by atoms with E-state index in [-0.39, 0.29) is 97.9 Å². The largest absolute Gasteiger partial charge is 0.466 e. The Bertz CT molecular complexity index is 2560. The second-order valence-corrected chi connectivity index (χ2v) is 18.4. The second-order valence-electron chi connectivity index (χ2n) is 17.3. The number of fused-ring (bicyclic) bond motifs is 2. The van der Waals surface area contributed by atoms with E-state index in [2.05, 4.69) is 0 Å². The van der Waals surface area contributed by atoms with Gasteiger partial charge in [-0.3, -0.25) is 19.2 Å². The molecule has 2 unspecified atom stereocenters. The van der Waals surface area contributed by atoms with Gasteiger partial charge in [0.25, 0.3) is 0 Å². The molecule has 4 aromatic rings. The van der Waals surface area contributed by atoms with Crippen LogP contribution in [0.5, 0.6) is 11.5 Å². The number of ether oxygens (including phenoxy) is 2. The van der Waals surface area contributed by atoms with E-state index in [1.54, 1.807) is 13.8 Å². The number of benzene rings is 4. The van der Waals surface area contributed by atoms with Crippen molar-refractivity contribution in [3.8, 4) is 33.8 Å². The summed E-state index contributed by atoms with van der Waals surface area (Å²) in [5.74, 6) is -2.57. The van der Waals surface area contributed by atoms with Crippen molar-refractivity contribution in [2.75, 3.05) is 52.6 Å². The fourth-order valence-electron chi connectivity index (χ4n) is 9.28. The number of amides is 2. The summed E-state index contributed by atoms with van der Waals surface area (Å²) in [6.07, 6.45) is -3.00. The van der Waals surface area contributed by atoms with Crippen molar-refractivity contribution in [1.29, 1.82) is 0 Å². The lowest BCUT2D eigenvalue weighted by molar-refractivity contribution is -0.215. The van der Waals surface area contributed by atoms with E-state index in [0.717, 1.165) is 24.3 Å². The molecule has 19 heteroatoms. The van der Waals surface area contributed by atoms with Crippen molar-refractivity contribution >= 4 is 47.7 Å². The normalized spacial score (nSPS) is 18.4. The Kier molecular flexibility index (Phi) is 15.8. The molecule has 0 spiro atoms. The molecule has 0 N–H and O–H groups in total. The SMILES string of the molecule is CCOC(=O)C1CCCN(C(=O)/C=C/c2ccc(Sc3ccc(/C=C/C(=O)N4CCCC(C(=O)OCC)C4)c(-c4ccc5c(c4)CCOO5)c3C(F)(F)F)c(C(F)(F)F)c2-c2ccc3c(c2)CCOO3)C1. The molecular weight excluding hydrogens is 959 g/mol. The predicted molar refractivity (Wildman–Crippen MR) is 248 cm³/mol. The molecule has 4 aromatic carbocycles. The number of alkyl halides is 6. The molecule has 0 aromatic heterocycles. The first-order valence-electron chi connectivity index (χ1n) is 23.3. The molecule has 2 fully saturated rings. The van der Waals surface area contributed by atoms with Crippen LogP contribution in [0.15, 0.2) is 82.6 Å². The molecule has 0 bridgehead atoms. The van der Waals surface area contributed by atoms with Gasteiger partial charge in [0.05, 0.1) is 49.4 Å². The molecule has 0 radical (unpaired) electrons. The van der Waals surface area contributed by atoms with E-state index in [1.807, 2.05) is 0 Å². The first kappa shape index (κ1) is 51.1. The smallest absolute Gasteiger partial charge is 0.418 e. The minimum atomic E-state index is -5.16. The fourth-order valence-corrected chi connectivity index (χ4v) is 10.4. The maximum atomic E-state index is 15.9. The van der Waals surface area contributed by atoms with Crippen LogP contribution in [0.4, 0.5) is 26.3 Å². The highest BCUT2D eigenvalue weighted by atomic mass is 32.2. The average molecular weight is 1010 g/mol. The van der Waals surface area contributed by atoms with Gasteiger partial charge in [0.15, 0.2) is 11.5 Å². The highest BCUT2D eigenvalue weighted by Gasteiger charge is 2.42. The predicted octanol–water partition coefficient (Wildman–Crippen LogP) is 10.6. The summed E-state index contributed by atoms with van der Waals surface area (Å²) < 4.78 is 106. The van der Waals surface area contributed by atoms with Crippen LogP contribution >= 0.6 is 11.8 Å². The van der Waals surface area contributed by atoms with Crippen molar-refractivity contribution in [2.45, 2.75) is 74.5 Å². The summed E-state index contributed by atoms with van der Waals surface area (Å²) in [7, 11) is 0. The maximum Gasteiger partial charge on any atom is 0.418 e. The Morgan fingerprint density at radius 1 is 0.634 bits per heavy atom. The van der Waals surface area contributed by atoms with Gasteiger partial charge in [-0.15, -0.1) is 0 Å². The van der Waals surface area contributed by atoms with Gasteiger partial charge >= 0.3 is 24.3 Å². The standard InChI is InChI=1S/C52H50F6N2O10S/c1-3-65-49(63)37-7-5-23-59(29-37)43(61)19-13-31-11-17-41(47(51(53,54)55)45(31)35-9-15-39-33(27-35)21-25-67-69-39)71-42-18-12-32(14-20-44(62)60-24-6-8-38(30-60)50(64)66-4-2)46(48(42)52(56,57)58)36-10-16-40-34(28-36)22-26-68-70-40/h9-20,27-28,37-38H,3-8,21-26,29-30H2,1-2H3/b19-13+,20-14+. The van der Waals surface area contributed by atoms with Crippen LogP contribution in [0.2, 0.25) is 0 Å². The van der Waals surface area contributed by atoms with E-state index >= 15 is 26.3 Å². The van der Waals surface area contributed by atoms with Gasteiger partial charge in [0, 0.05) is 83.2 Å².